The van der Waals surface area contributed by atoms with E-state index in [1.807, 2.05) is 6.07 Å². The van der Waals surface area contributed by atoms with Crippen molar-refractivity contribution in [3.8, 4) is 0 Å². The van der Waals surface area contributed by atoms with E-state index < -0.39 is 0 Å². The van der Waals surface area contributed by atoms with Crippen molar-refractivity contribution in [1.29, 1.82) is 0 Å². The lowest BCUT2D eigenvalue weighted by Gasteiger charge is -2.35. The molecule has 0 radical (unpaired) electrons. The molecular weight excluding hydrogens is 236 g/mol. The summed E-state index contributed by atoms with van der Waals surface area (Å²) < 4.78 is 5.47. The van der Waals surface area contributed by atoms with Gasteiger partial charge >= 0.3 is 0 Å². The Morgan fingerprint density at radius 1 is 1.32 bits per heavy atom. The van der Waals surface area contributed by atoms with Crippen LogP contribution in [-0.4, -0.2) is 30.6 Å². The van der Waals surface area contributed by atoms with E-state index in [0.717, 1.165) is 31.3 Å². The van der Waals surface area contributed by atoms with Gasteiger partial charge in [0, 0.05) is 12.6 Å². The molecule has 1 heterocycles. The van der Waals surface area contributed by atoms with Crippen LogP contribution in [0.5, 0.6) is 0 Å². The predicted molar refractivity (Wildman–Crippen MR) is 79.1 cm³/mol. The van der Waals surface area contributed by atoms with Crippen LogP contribution in [0.3, 0.4) is 0 Å². The summed E-state index contributed by atoms with van der Waals surface area (Å²) in [5.41, 5.74) is 0. The van der Waals surface area contributed by atoms with Gasteiger partial charge in [-0.05, 0) is 44.0 Å². The SMILES string of the molecule is CCNC1CCCCC1CN(CC)Cc1ccco1. The number of nitrogens with one attached hydrogen (secondary N) is 1. The summed E-state index contributed by atoms with van der Waals surface area (Å²) in [4.78, 5) is 2.51. The fourth-order valence-corrected chi connectivity index (χ4v) is 3.22. The Hall–Kier alpha value is -0.800. The number of nitrogens with zero attached hydrogens (tertiary/aromatic N) is 1. The van der Waals surface area contributed by atoms with Crippen molar-refractivity contribution in [2.75, 3.05) is 19.6 Å². The minimum Gasteiger partial charge on any atom is -0.468 e. The first-order valence-corrected chi connectivity index (χ1v) is 7.81. The fraction of sp³-hybridized carbons (Fsp3) is 0.750. The minimum atomic E-state index is 0.712. The van der Waals surface area contributed by atoms with Gasteiger partial charge in [0.1, 0.15) is 5.76 Å². The van der Waals surface area contributed by atoms with Gasteiger partial charge in [-0.3, -0.25) is 4.90 Å². The first kappa shape index (κ1) is 14.6. The van der Waals surface area contributed by atoms with Crippen molar-refractivity contribution in [2.45, 2.75) is 52.1 Å². The summed E-state index contributed by atoms with van der Waals surface area (Å²) in [7, 11) is 0. The highest BCUT2D eigenvalue weighted by Gasteiger charge is 2.25. The monoisotopic (exact) mass is 264 g/mol. The third-order valence-corrected chi connectivity index (χ3v) is 4.27. The molecule has 0 aromatic carbocycles. The highest BCUT2D eigenvalue weighted by Crippen LogP contribution is 2.25. The Kier molecular flexibility index (Phi) is 5.93. The van der Waals surface area contributed by atoms with E-state index in [2.05, 4.69) is 30.1 Å². The largest absolute Gasteiger partial charge is 0.468 e. The van der Waals surface area contributed by atoms with Crippen LogP contribution in [0.25, 0.3) is 0 Å². The Morgan fingerprint density at radius 2 is 2.16 bits per heavy atom. The van der Waals surface area contributed by atoms with Crippen molar-refractivity contribution < 1.29 is 4.42 Å². The molecule has 3 nitrogen and oxygen atoms in total. The van der Waals surface area contributed by atoms with Gasteiger partial charge in [-0.1, -0.05) is 26.7 Å². The third kappa shape index (κ3) is 4.36. The molecule has 2 unspecified atom stereocenters. The smallest absolute Gasteiger partial charge is 0.117 e. The molecule has 1 aliphatic rings. The quantitative estimate of drug-likeness (QED) is 0.819. The molecule has 0 saturated heterocycles. The van der Waals surface area contributed by atoms with Crippen LogP contribution in [0.15, 0.2) is 22.8 Å². The number of hydrogen-bond donors (Lipinski definition) is 1. The lowest BCUT2D eigenvalue weighted by atomic mass is 9.84. The maximum absolute atomic E-state index is 5.47. The molecule has 0 amide bonds. The van der Waals surface area contributed by atoms with Crippen LogP contribution in [-0.2, 0) is 6.54 Å². The van der Waals surface area contributed by atoms with Crippen LogP contribution < -0.4 is 5.32 Å². The molecule has 3 heteroatoms. The summed E-state index contributed by atoms with van der Waals surface area (Å²) in [5, 5.41) is 3.67. The van der Waals surface area contributed by atoms with Gasteiger partial charge in [-0.2, -0.15) is 0 Å². The summed E-state index contributed by atoms with van der Waals surface area (Å²) in [6, 6.07) is 4.76. The fourth-order valence-electron chi connectivity index (χ4n) is 3.22. The van der Waals surface area contributed by atoms with E-state index in [4.69, 9.17) is 4.42 Å². The van der Waals surface area contributed by atoms with E-state index in [1.54, 1.807) is 6.26 Å². The maximum atomic E-state index is 5.47. The number of furan rings is 1. The van der Waals surface area contributed by atoms with E-state index in [0.29, 0.717) is 6.04 Å². The second-order valence-corrected chi connectivity index (χ2v) is 5.62. The highest BCUT2D eigenvalue weighted by molar-refractivity contribution is 4.98. The van der Waals surface area contributed by atoms with Crippen LogP contribution in [0.4, 0.5) is 0 Å². The predicted octanol–water partition coefficient (Wildman–Crippen LogP) is 3.27. The van der Waals surface area contributed by atoms with Crippen LogP contribution in [0.2, 0.25) is 0 Å². The lowest BCUT2D eigenvalue weighted by molar-refractivity contribution is 0.161. The summed E-state index contributed by atoms with van der Waals surface area (Å²) in [5.74, 6) is 1.88. The molecule has 1 aromatic heterocycles. The summed E-state index contributed by atoms with van der Waals surface area (Å²) in [6.45, 7) is 8.77. The third-order valence-electron chi connectivity index (χ3n) is 4.27. The van der Waals surface area contributed by atoms with Gasteiger partial charge in [0.05, 0.1) is 12.8 Å². The van der Waals surface area contributed by atoms with Gasteiger partial charge in [0.25, 0.3) is 0 Å². The normalized spacial score (nSPS) is 23.9. The first-order chi connectivity index (χ1) is 9.33. The molecular formula is C16H28N2O. The first-order valence-electron chi connectivity index (χ1n) is 7.81. The molecule has 2 rings (SSSR count). The zero-order valence-corrected chi connectivity index (χ0v) is 12.4. The second-order valence-electron chi connectivity index (χ2n) is 5.62. The van der Waals surface area contributed by atoms with Crippen molar-refractivity contribution in [3.05, 3.63) is 24.2 Å². The Balaban J connectivity index is 1.88. The lowest BCUT2D eigenvalue weighted by Crippen LogP contribution is -2.44. The molecule has 2 atom stereocenters. The average Bonchev–Trinajstić information content (AvgIpc) is 2.93. The number of rotatable bonds is 7. The van der Waals surface area contributed by atoms with Gasteiger partial charge in [-0.15, -0.1) is 0 Å². The molecule has 1 saturated carbocycles. The van der Waals surface area contributed by atoms with Crippen molar-refractivity contribution in [1.82, 2.24) is 10.2 Å². The molecule has 19 heavy (non-hydrogen) atoms. The zero-order valence-electron chi connectivity index (χ0n) is 12.4. The molecule has 1 aromatic rings. The molecule has 108 valence electrons. The molecule has 0 spiro atoms. The van der Waals surface area contributed by atoms with Gasteiger partial charge in [0.15, 0.2) is 0 Å². The van der Waals surface area contributed by atoms with Crippen molar-refractivity contribution in [2.24, 2.45) is 5.92 Å². The average molecular weight is 264 g/mol. The van der Waals surface area contributed by atoms with E-state index >= 15 is 0 Å². The minimum absolute atomic E-state index is 0.712. The van der Waals surface area contributed by atoms with Crippen LogP contribution >= 0.6 is 0 Å². The van der Waals surface area contributed by atoms with Gasteiger partial charge in [0.2, 0.25) is 0 Å². The number of hydrogen-bond acceptors (Lipinski definition) is 3. The summed E-state index contributed by atoms with van der Waals surface area (Å²) in [6.07, 6.45) is 7.26. The zero-order chi connectivity index (χ0) is 13.5. The Labute approximate surface area is 117 Å². The van der Waals surface area contributed by atoms with E-state index in [-0.39, 0.29) is 0 Å². The molecule has 0 bridgehead atoms. The van der Waals surface area contributed by atoms with Gasteiger partial charge in [-0.25, -0.2) is 0 Å². The topological polar surface area (TPSA) is 28.4 Å². The van der Waals surface area contributed by atoms with Gasteiger partial charge < -0.3 is 9.73 Å². The highest BCUT2D eigenvalue weighted by atomic mass is 16.3. The molecule has 1 aliphatic carbocycles. The van der Waals surface area contributed by atoms with Crippen LogP contribution in [0, 0.1) is 5.92 Å². The van der Waals surface area contributed by atoms with E-state index in [9.17, 15) is 0 Å². The van der Waals surface area contributed by atoms with Crippen molar-refractivity contribution >= 4 is 0 Å². The maximum Gasteiger partial charge on any atom is 0.117 e. The molecule has 1 fully saturated rings. The Morgan fingerprint density at radius 3 is 2.84 bits per heavy atom. The Bertz CT molecular complexity index is 335. The van der Waals surface area contributed by atoms with Crippen LogP contribution in [0.1, 0.15) is 45.3 Å². The van der Waals surface area contributed by atoms with Crippen molar-refractivity contribution in [3.63, 3.8) is 0 Å². The van der Waals surface area contributed by atoms with E-state index in [1.165, 1.54) is 32.2 Å². The standard InChI is InChI=1S/C16H28N2O/c1-3-17-16-10-6-5-8-14(16)12-18(4-2)13-15-9-7-11-19-15/h7,9,11,14,16-17H,3-6,8,10,12-13H2,1-2H3. The molecule has 1 N–H and O–H groups in total. The molecule has 0 aliphatic heterocycles. The summed E-state index contributed by atoms with van der Waals surface area (Å²) >= 11 is 0. The second kappa shape index (κ2) is 7.71.